The van der Waals surface area contributed by atoms with Gasteiger partial charge >= 0.3 is 0 Å². The van der Waals surface area contributed by atoms with Crippen LogP contribution in [0, 0.1) is 12.7 Å². The van der Waals surface area contributed by atoms with Crippen LogP contribution >= 0.6 is 0 Å². The van der Waals surface area contributed by atoms with E-state index in [0.717, 1.165) is 19.5 Å². The molecule has 3 rings (SSSR count). The summed E-state index contributed by atoms with van der Waals surface area (Å²) in [5.41, 5.74) is 3.62. The number of carbonyl (C=O) groups excluding carboxylic acids is 1. The number of fused-ring (bicyclic) bond motifs is 1. The Morgan fingerprint density at radius 3 is 2.80 bits per heavy atom. The Hall–Kier alpha value is -2.24. The molecule has 4 nitrogen and oxygen atoms in total. The maximum Gasteiger partial charge on any atom is 0.251 e. The van der Waals surface area contributed by atoms with Gasteiger partial charge in [-0.15, -0.1) is 0 Å². The van der Waals surface area contributed by atoms with Crippen molar-refractivity contribution in [3.8, 4) is 0 Å². The topological polar surface area (TPSA) is 52.6 Å². The van der Waals surface area contributed by atoms with Crippen LogP contribution in [-0.4, -0.2) is 41.7 Å². The van der Waals surface area contributed by atoms with E-state index in [-0.39, 0.29) is 18.0 Å². The van der Waals surface area contributed by atoms with E-state index < -0.39 is 11.9 Å². The van der Waals surface area contributed by atoms with E-state index in [0.29, 0.717) is 12.1 Å². The monoisotopic (exact) mass is 342 g/mol. The lowest BCUT2D eigenvalue weighted by Crippen LogP contribution is -2.42. The molecule has 0 radical (unpaired) electrons. The summed E-state index contributed by atoms with van der Waals surface area (Å²) in [6, 6.07) is 12.5. The molecule has 25 heavy (non-hydrogen) atoms. The summed E-state index contributed by atoms with van der Waals surface area (Å²) in [6.07, 6.45) is 0.307. The number of aliphatic hydroxyl groups is 1. The van der Waals surface area contributed by atoms with E-state index in [1.807, 2.05) is 12.1 Å². The van der Waals surface area contributed by atoms with Gasteiger partial charge in [0.25, 0.3) is 5.91 Å². The maximum absolute atomic E-state index is 13.4. The van der Waals surface area contributed by atoms with Crippen molar-refractivity contribution in [3.63, 3.8) is 0 Å². The molecule has 1 unspecified atom stereocenters. The molecule has 0 fully saturated rings. The van der Waals surface area contributed by atoms with Gasteiger partial charge in [0, 0.05) is 31.7 Å². The molecule has 0 aromatic heterocycles. The van der Waals surface area contributed by atoms with Gasteiger partial charge in [-0.3, -0.25) is 9.69 Å². The fourth-order valence-corrected chi connectivity index (χ4v) is 3.25. The number of aryl methyl sites for hydroxylation is 1. The highest BCUT2D eigenvalue weighted by Crippen LogP contribution is 2.18. The van der Waals surface area contributed by atoms with Crippen LogP contribution < -0.4 is 5.32 Å². The van der Waals surface area contributed by atoms with Gasteiger partial charge in [-0.2, -0.15) is 0 Å². The van der Waals surface area contributed by atoms with Crippen LogP contribution in [0.2, 0.25) is 0 Å². The second kappa shape index (κ2) is 7.76. The summed E-state index contributed by atoms with van der Waals surface area (Å²) in [5.74, 6) is -0.802. The fourth-order valence-electron chi connectivity index (χ4n) is 3.25. The van der Waals surface area contributed by atoms with Gasteiger partial charge in [0.1, 0.15) is 5.82 Å². The van der Waals surface area contributed by atoms with Crippen molar-refractivity contribution in [2.75, 3.05) is 19.6 Å². The summed E-state index contributed by atoms with van der Waals surface area (Å²) in [5, 5.41) is 12.9. The van der Waals surface area contributed by atoms with E-state index in [9.17, 15) is 14.3 Å². The van der Waals surface area contributed by atoms with E-state index in [4.69, 9.17) is 0 Å². The first-order valence-corrected chi connectivity index (χ1v) is 8.54. The summed E-state index contributed by atoms with van der Waals surface area (Å²) in [4.78, 5) is 14.3. The van der Waals surface area contributed by atoms with Crippen molar-refractivity contribution in [3.05, 3.63) is 70.5 Å². The average Bonchev–Trinajstić information content (AvgIpc) is 2.58. The van der Waals surface area contributed by atoms with E-state index >= 15 is 0 Å². The highest BCUT2D eigenvalue weighted by atomic mass is 19.1. The number of β-amino-alcohol motifs (C(OH)–C–C–N with tert-alkyl or cyclic N) is 1. The minimum Gasteiger partial charge on any atom is -0.390 e. The number of amides is 1. The number of nitrogens with zero attached hydrogens (tertiary/aromatic N) is 1. The van der Waals surface area contributed by atoms with Crippen molar-refractivity contribution in [2.24, 2.45) is 0 Å². The lowest BCUT2D eigenvalue weighted by atomic mass is 10.00. The largest absolute Gasteiger partial charge is 0.390 e. The maximum atomic E-state index is 13.4. The third-order valence-electron chi connectivity index (χ3n) is 4.48. The highest BCUT2D eigenvalue weighted by molar-refractivity contribution is 5.94. The Kier molecular flexibility index (Phi) is 5.46. The van der Waals surface area contributed by atoms with Crippen LogP contribution in [-0.2, 0) is 13.0 Å². The minimum atomic E-state index is -0.663. The minimum absolute atomic E-state index is 0.145. The molecule has 2 aromatic rings. The highest BCUT2D eigenvalue weighted by Gasteiger charge is 2.19. The molecule has 5 heteroatoms. The van der Waals surface area contributed by atoms with Crippen LogP contribution in [0.15, 0.2) is 42.5 Å². The Morgan fingerprint density at radius 2 is 2.04 bits per heavy atom. The normalized spacial score (nSPS) is 15.5. The lowest BCUT2D eigenvalue weighted by molar-refractivity contribution is 0.0841. The van der Waals surface area contributed by atoms with Gasteiger partial charge in [-0.25, -0.2) is 4.39 Å². The van der Waals surface area contributed by atoms with Gasteiger partial charge in [0.15, 0.2) is 0 Å². The molecule has 0 spiro atoms. The number of rotatable bonds is 5. The van der Waals surface area contributed by atoms with E-state index in [1.54, 1.807) is 13.0 Å². The smallest absolute Gasteiger partial charge is 0.251 e. The molecular formula is C20H23FN2O2. The summed E-state index contributed by atoms with van der Waals surface area (Å²) >= 11 is 0. The number of benzene rings is 2. The van der Waals surface area contributed by atoms with Crippen molar-refractivity contribution >= 4 is 5.91 Å². The van der Waals surface area contributed by atoms with Crippen LogP contribution in [0.4, 0.5) is 4.39 Å². The zero-order valence-electron chi connectivity index (χ0n) is 14.3. The van der Waals surface area contributed by atoms with Crippen molar-refractivity contribution in [1.82, 2.24) is 10.2 Å². The summed E-state index contributed by atoms with van der Waals surface area (Å²) in [7, 11) is 0. The first-order chi connectivity index (χ1) is 12.0. The molecule has 1 aliphatic heterocycles. The van der Waals surface area contributed by atoms with Gasteiger partial charge in [0.2, 0.25) is 0 Å². The van der Waals surface area contributed by atoms with Crippen molar-refractivity contribution < 1.29 is 14.3 Å². The number of halogens is 1. The number of carbonyl (C=O) groups is 1. The van der Waals surface area contributed by atoms with E-state index in [2.05, 4.69) is 22.3 Å². The van der Waals surface area contributed by atoms with Gasteiger partial charge < -0.3 is 10.4 Å². The molecule has 1 atom stereocenters. The quantitative estimate of drug-likeness (QED) is 0.877. The first kappa shape index (κ1) is 17.6. The van der Waals surface area contributed by atoms with Crippen LogP contribution in [0.3, 0.4) is 0 Å². The molecule has 132 valence electrons. The predicted octanol–water partition coefficient (Wildman–Crippen LogP) is 2.28. The standard InChI is InChI=1S/C20H23FN2O2/c1-14-8-17(10-18(21)9-14)20(25)22-11-19(24)13-23-7-6-15-4-2-3-5-16(15)12-23/h2-5,8-10,19,24H,6-7,11-13H2,1H3,(H,22,25). The number of hydrogen-bond acceptors (Lipinski definition) is 3. The molecule has 0 aliphatic carbocycles. The Bertz CT molecular complexity index is 743. The first-order valence-electron chi connectivity index (χ1n) is 8.54. The average molecular weight is 342 g/mol. The van der Waals surface area contributed by atoms with Gasteiger partial charge in [-0.1, -0.05) is 24.3 Å². The van der Waals surface area contributed by atoms with Crippen LogP contribution in [0.5, 0.6) is 0 Å². The molecule has 0 bridgehead atoms. The molecule has 0 saturated heterocycles. The van der Waals surface area contributed by atoms with Crippen LogP contribution in [0.1, 0.15) is 27.0 Å². The Balaban J connectivity index is 1.50. The van der Waals surface area contributed by atoms with E-state index in [1.165, 1.54) is 23.3 Å². The third kappa shape index (κ3) is 4.65. The molecule has 2 aromatic carbocycles. The molecule has 1 amide bonds. The molecule has 1 heterocycles. The Labute approximate surface area is 147 Å². The molecule has 1 aliphatic rings. The molecule has 0 saturated carbocycles. The second-order valence-corrected chi connectivity index (χ2v) is 6.63. The predicted molar refractivity (Wildman–Crippen MR) is 94.9 cm³/mol. The number of nitrogens with one attached hydrogen (secondary N) is 1. The van der Waals surface area contributed by atoms with Crippen LogP contribution in [0.25, 0.3) is 0 Å². The summed E-state index contributed by atoms with van der Waals surface area (Å²) < 4.78 is 13.4. The van der Waals surface area contributed by atoms with Crippen molar-refractivity contribution in [2.45, 2.75) is 26.0 Å². The zero-order chi connectivity index (χ0) is 17.8. The molecule has 2 N–H and O–H groups in total. The summed E-state index contributed by atoms with van der Waals surface area (Å²) in [6.45, 7) is 4.08. The lowest BCUT2D eigenvalue weighted by Gasteiger charge is -2.30. The second-order valence-electron chi connectivity index (χ2n) is 6.63. The zero-order valence-corrected chi connectivity index (χ0v) is 14.3. The van der Waals surface area contributed by atoms with Crippen molar-refractivity contribution in [1.29, 1.82) is 0 Å². The Morgan fingerprint density at radius 1 is 1.28 bits per heavy atom. The number of aliphatic hydroxyl groups excluding tert-OH is 1. The van der Waals surface area contributed by atoms with Gasteiger partial charge in [-0.05, 0) is 48.2 Å². The fraction of sp³-hybridized carbons (Fsp3) is 0.350. The molecular weight excluding hydrogens is 319 g/mol. The SMILES string of the molecule is Cc1cc(F)cc(C(=O)NCC(O)CN2CCc3ccccc3C2)c1. The third-order valence-corrected chi connectivity index (χ3v) is 4.48. The van der Waals surface area contributed by atoms with Gasteiger partial charge in [0.05, 0.1) is 6.10 Å². The number of hydrogen-bond donors (Lipinski definition) is 2.